The Balaban J connectivity index is 2.42. The molecule has 5 heteroatoms. The van der Waals surface area contributed by atoms with Gasteiger partial charge in [-0.05, 0) is 35.0 Å². The zero-order valence-corrected chi connectivity index (χ0v) is 13.6. The van der Waals surface area contributed by atoms with Crippen LogP contribution in [-0.2, 0) is 0 Å². The monoisotopic (exact) mass is 396 g/mol. The van der Waals surface area contributed by atoms with Gasteiger partial charge in [-0.25, -0.2) is 4.39 Å². The van der Waals surface area contributed by atoms with Crippen LogP contribution in [0.4, 0.5) is 4.39 Å². The summed E-state index contributed by atoms with van der Waals surface area (Å²) >= 11 is 14.3. The van der Waals surface area contributed by atoms with Crippen LogP contribution in [0.25, 0.3) is 0 Å². The fraction of sp³-hybridized carbons (Fsp3) is 0.167. The molecule has 0 saturated heterocycles. The van der Waals surface area contributed by atoms with Gasteiger partial charge in [0.15, 0.2) is 0 Å². The van der Waals surface area contributed by atoms with Crippen molar-refractivity contribution in [3.63, 3.8) is 0 Å². The lowest BCUT2D eigenvalue weighted by Gasteiger charge is -2.10. The summed E-state index contributed by atoms with van der Waals surface area (Å²) < 4.78 is 15.3. The molecule has 1 aromatic heterocycles. The summed E-state index contributed by atoms with van der Waals surface area (Å²) in [4.78, 5) is 0.808. The van der Waals surface area contributed by atoms with Crippen molar-refractivity contribution >= 4 is 54.8 Å². The van der Waals surface area contributed by atoms with E-state index in [9.17, 15) is 4.39 Å². The van der Waals surface area contributed by atoms with Crippen LogP contribution in [0.15, 0.2) is 28.7 Å². The van der Waals surface area contributed by atoms with Crippen LogP contribution < -0.4 is 0 Å². The van der Waals surface area contributed by atoms with Crippen LogP contribution >= 0.6 is 54.8 Å². The molecule has 0 aliphatic heterocycles. The number of hydrogen-bond acceptors (Lipinski definition) is 1. The van der Waals surface area contributed by atoms with Gasteiger partial charge in [0.1, 0.15) is 10.2 Å². The van der Waals surface area contributed by atoms with Crippen molar-refractivity contribution in [3.8, 4) is 0 Å². The Morgan fingerprint density at radius 1 is 1.35 bits per heavy atom. The Labute approximate surface area is 125 Å². The maximum Gasteiger partial charge on any atom is 0.127 e. The number of halogens is 4. The van der Waals surface area contributed by atoms with E-state index < -0.39 is 0 Å². The molecule has 90 valence electrons. The summed E-state index contributed by atoms with van der Waals surface area (Å²) in [6.07, 6.45) is 0. The predicted molar refractivity (Wildman–Crippen MR) is 78.9 cm³/mol. The lowest BCUT2D eigenvalue weighted by atomic mass is 10.1. The summed E-state index contributed by atoms with van der Waals surface area (Å²) in [6.45, 7) is 1.94. The molecular weight excluding hydrogens is 390 g/mol. The van der Waals surface area contributed by atoms with Crippen molar-refractivity contribution in [1.29, 1.82) is 0 Å². The number of thiophene rings is 1. The van der Waals surface area contributed by atoms with E-state index in [1.54, 1.807) is 6.07 Å². The molecule has 0 aliphatic rings. The minimum atomic E-state index is -0.210. The minimum Gasteiger partial charge on any atom is -0.207 e. The second kappa shape index (κ2) is 5.39. The van der Waals surface area contributed by atoms with Crippen molar-refractivity contribution in [1.82, 2.24) is 0 Å². The summed E-state index contributed by atoms with van der Waals surface area (Å²) in [5.74, 6) is -0.210. The molecule has 2 rings (SSSR count). The third kappa shape index (κ3) is 2.92. The highest BCUT2D eigenvalue weighted by atomic mass is 79.9. The number of alkyl halides is 1. The molecule has 1 aromatic carbocycles. The van der Waals surface area contributed by atoms with Gasteiger partial charge in [0.05, 0.1) is 4.83 Å². The number of benzene rings is 1. The highest BCUT2D eigenvalue weighted by Crippen LogP contribution is 2.41. The third-order valence-electron chi connectivity index (χ3n) is 2.34. The number of rotatable bonds is 2. The van der Waals surface area contributed by atoms with Gasteiger partial charge in [-0.2, -0.15) is 0 Å². The lowest BCUT2D eigenvalue weighted by Crippen LogP contribution is -1.95. The fourth-order valence-electron chi connectivity index (χ4n) is 1.50. The topological polar surface area (TPSA) is 0 Å². The molecule has 17 heavy (non-hydrogen) atoms. The number of aryl methyl sites for hydroxylation is 1. The minimum absolute atomic E-state index is 0.170. The maximum absolute atomic E-state index is 13.7. The summed E-state index contributed by atoms with van der Waals surface area (Å²) in [7, 11) is 0. The average Bonchev–Trinajstić information content (AvgIpc) is 2.62. The Morgan fingerprint density at radius 2 is 2.06 bits per heavy atom. The Hall–Kier alpha value is 0.1000. The smallest absolute Gasteiger partial charge is 0.127 e. The van der Waals surface area contributed by atoms with Gasteiger partial charge in [-0.1, -0.05) is 45.2 Å². The summed E-state index contributed by atoms with van der Waals surface area (Å²) in [5, 5.41) is 0. The van der Waals surface area contributed by atoms with Gasteiger partial charge < -0.3 is 0 Å². The Morgan fingerprint density at radius 3 is 2.65 bits per heavy atom. The van der Waals surface area contributed by atoms with E-state index in [-0.39, 0.29) is 10.6 Å². The highest BCUT2D eigenvalue weighted by Gasteiger charge is 2.18. The first-order valence-electron chi connectivity index (χ1n) is 4.84. The third-order valence-corrected chi connectivity index (χ3v) is 6.17. The van der Waals surface area contributed by atoms with E-state index >= 15 is 0 Å². The molecule has 0 bridgehead atoms. The Bertz CT molecular complexity index is 534. The molecule has 0 fully saturated rings. The largest absolute Gasteiger partial charge is 0.207 e. The molecule has 0 nitrogen and oxygen atoms in total. The van der Waals surface area contributed by atoms with Crippen LogP contribution in [-0.4, -0.2) is 0 Å². The molecule has 0 spiro atoms. The second-order valence-electron chi connectivity index (χ2n) is 3.66. The van der Waals surface area contributed by atoms with Crippen LogP contribution in [0.5, 0.6) is 0 Å². The van der Waals surface area contributed by atoms with Gasteiger partial charge in [-0.3, -0.25) is 0 Å². The second-order valence-corrected chi connectivity index (χ2v) is 7.11. The van der Waals surface area contributed by atoms with Crippen molar-refractivity contribution in [2.24, 2.45) is 0 Å². The van der Waals surface area contributed by atoms with Gasteiger partial charge in [-0.15, -0.1) is 11.3 Å². The van der Waals surface area contributed by atoms with Crippen LogP contribution in [0.2, 0.25) is 4.34 Å². The molecule has 0 aliphatic carbocycles. The van der Waals surface area contributed by atoms with E-state index in [4.69, 9.17) is 11.6 Å². The van der Waals surface area contributed by atoms with Gasteiger partial charge in [0.2, 0.25) is 0 Å². The molecule has 0 saturated carbocycles. The summed E-state index contributed by atoms with van der Waals surface area (Å²) in [5.41, 5.74) is 1.67. The molecule has 1 heterocycles. The van der Waals surface area contributed by atoms with Crippen LogP contribution in [0.3, 0.4) is 0 Å². The van der Waals surface area contributed by atoms with E-state index in [2.05, 4.69) is 31.9 Å². The first-order valence-corrected chi connectivity index (χ1v) is 7.74. The molecule has 1 unspecified atom stereocenters. The number of hydrogen-bond donors (Lipinski definition) is 0. The molecule has 1 atom stereocenters. The van der Waals surface area contributed by atoms with Gasteiger partial charge in [0, 0.05) is 14.9 Å². The standard InChI is InChI=1S/C12H8Br2ClFS/c1-6-2-3-9(16)7(4-6)11(14)10-5-8(13)12(15)17-10/h2-5,11H,1H3. The normalized spacial score (nSPS) is 12.8. The lowest BCUT2D eigenvalue weighted by molar-refractivity contribution is 0.613. The quantitative estimate of drug-likeness (QED) is 0.537. The van der Waals surface area contributed by atoms with Crippen LogP contribution in [0, 0.1) is 12.7 Å². The molecule has 0 N–H and O–H groups in total. The van der Waals surface area contributed by atoms with Crippen LogP contribution in [0.1, 0.15) is 20.8 Å². The van der Waals surface area contributed by atoms with Crippen molar-refractivity contribution in [2.75, 3.05) is 0 Å². The van der Waals surface area contributed by atoms with Crippen molar-refractivity contribution in [2.45, 2.75) is 11.8 Å². The average molecular weight is 399 g/mol. The summed E-state index contributed by atoms with van der Waals surface area (Å²) in [6, 6.07) is 7.00. The van der Waals surface area contributed by atoms with Gasteiger partial charge >= 0.3 is 0 Å². The van der Waals surface area contributed by atoms with Crippen molar-refractivity contribution in [3.05, 3.63) is 54.9 Å². The maximum atomic E-state index is 13.7. The highest BCUT2D eigenvalue weighted by molar-refractivity contribution is 9.10. The Kier molecular flexibility index (Phi) is 4.29. The molecule has 0 amide bonds. The van der Waals surface area contributed by atoms with E-state index in [1.807, 2.05) is 19.1 Å². The molecule has 2 aromatic rings. The van der Waals surface area contributed by atoms with E-state index in [0.717, 1.165) is 14.9 Å². The predicted octanol–water partition coefficient (Wildman–Crippen LogP) is 6.10. The molecular formula is C12H8Br2ClFS. The fourth-order valence-corrected chi connectivity index (χ4v) is 4.00. The van der Waals surface area contributed by atoms with E-state index in [1.165, 1.54) is 17.4 Å². The van der Waals surface area contributed by atoms with E-state index in [0.29, 0.717) is 9.90 Å². The zero-order valence-electron chi connectivity index (χ0n) is 8.81. The van der Waals surface area contributed by atoms with Gasteiger partial charge in [0.25, 0.3) is 0 Å². The first kappa shape index (κ1) is 13.5. The first-order chi connectivity index (χ1) is 7.99. The zero-order chi connectivity index (χ0) is 12.6. The van der Waals surface area contributed by atoms with Crippen molar-refractivity contribution < 1.29 is 4.39 Å². The molecule has 0 radical (unpaired) electrons. The SMILES string of the molecule is Cc1ccc(F)c(C(Br)c2cc(Br)c(Cl)s2)c1.